The number of rotatable bonds is 7. The van der Waals surface area contributed by atoms with Gasteiger partial charge in [0.1, 0.15) is 17.2 Å². The number of aromatic carboxylic acids is 1. The van der Waals surface area contributed by atoms with Crippen molar-refractivity contribution in [1.82, 2.24) is 14.9 Å². The lowest BCUT2D eigenvalue weighted by atomic mass is 10.2. The minimum absolute atomic E-state index is 0.0899. The summed E-state index contributed by atoms with van der Waals surface area (Å²) in [5.74, 6) is -1.41. The first-order valence-electron chi connectivity index (χ1n) is 9.30. The Morgan fingerprint density at radius 2 is 1.93 bits per heavy atom. The molecule has 0 atom stereocenters. The second kappa shape index (κ2) is 11.0. The molecule has 1 aromatic heterocycles. The van der Waals surface area contributed by atoms with Crippen molar-refractivity contribution in [1.29, 1.82) is 0 Å². The first-order chi connectivity index (χ1) is 13.9. The van der Waals surface area contributed by atoms with Gasteiger partial charge in [-0.25, -0.2) is 14.8 Å². The average molecular weight is 403 g/mol. The lowest BCUT2D eigenvalue weighted by Gasteiger charge is -2.30. The maximum absolute atomic E-state index is 11.9. The fourth-order valence-electron chi connectivity index (χ4n) is 2.34. The number of carbonyl (C=O) groups excluding carboxylic acids is 1. The lowest BCUT2D eigenvalue weighted by molar-refractivity contribution is 0.0643. The molecule has 1 fully saturated rings. The number of benzene rings is 1. The number of phenols is 1. The van der Waals surface area contributed by atoms with Crippen molar-refractivity contribution < 1.29 is 29.3 Å². The largest absolute Gasteiger partial charge is 0.508 e. The van der Waals surface area contributed by atoms with Gasteiger partial charge in [-0.15, -0.1) is 0 Å². The third kappa shape index (κ3) is 6.72. The van der Waals surface area contributed by atoms with E-state index in [1.807, 2.05) is 0 Å². The van der Waals surface area contributed by atoms with Gasteiger partial charge in [-0.05, 0) is 25.0 Å². The Kier molecular flexibility index (Phi) is 8.35. The second-order valence-corrected chi connectivity index (χ2v) is 6.35. The number of likely N-dealkylation sites (tertiary alicyclic amines) is 1. The summed E-state index contributed by atoms with van der Waals surface area (Å²) >= 11 is 0. The molecule has 2 N–H and O–H groups in total. The van der Waals surface area contributed by atoms with Gasteiger partial charge in [-0.1, -0.05) is 13.3 Å². The maximum atomic E-state index is 11.9. The predicted molar refractivity (Wildman–Crippen MR) is 104 cm³/mol. The molecule has 3 rings (SSSR count). The van der Waals surface area contributed by atoms with E-state index in [4.69, 9.17) is 14.6 Å². The molecular formula is C20H25N3O6. The van der Waals surface area contributed by atoms with E-state index in [9.17, 15) is 14.7 Å². The van der Waals surface area contributed by atoms with Gasteiger partial charge in [0, 0.05) is 32.9 Å². The molecule has 0 saturated carbocycles. The number of hydrogen-bond donors (Lipinski definition) is 2. The van der Waals surface area contributed by atoms with Crippen LogP contribution in [0.4, 0.5) is 0 Å². The smallest absolute Gasteiger partial charge is 0.335 e. The number of phenolic OH excluding ortho intramolecular Hbond substituents is 1. The van der Waals surface area contributed by atoms with E-state index in [0.29, 0.717) is 0 Å². The Labute approximate surface area is 168 Å². The summed E-state index contributed by atoms with van der Waals surface area (Å²) in [6, 6.07) is 3.62. The number of unbranched alkanes of at least 4 members (excludes halogenated alkanes) is 1. The van der Waals surface area contributed by atoms with Crippen LogP contribution in [-0.4, -0.2) is 63.8 Å². The van der Waals surface area contributed by atoms with Crippen molar-refractivity contribution in [3.05, 3.63) is 41.9 Å². The maximum Gasteiger partial charge on any atom is 0.335 e. The summed E-state index contributed by atoms with van der Waals surface area (Å²) in [5.41, 5.74) is 0.108. The van der Waals surface area contributed by atoms with Crippen molar-refractivity contribution in [3.63, 3.8) is 0 Å². The zero-order chi connectivity index (χ0) is 21.2. The van der Waals surface area contributed by atoms with Gasteiger partial charge in [0.2, 0.25) is 5.88 Å². The van der Waals surface area contributed by atoms with Crippen LogP contribution >= 0.6 is 0 Å². The average Bonchev–Trinajstić information content (AvgIpc) is 2.65. The number of amides is 1. The number of hydrogen-bond acceptors (Lipinski definition) is 7. The normalized spacial score (nSPS) is 12.4. The van der Waals surface area contributed by atoms with Crippen LogP contribution in [0, 0.1) is 0 Å². The van der Waals surface area contributed by atoms with E-state index in [0.717, 1.165) is 32.2 Å². The van der Waals surface area contributed by atoms with Crippen LogP contribution in [0.2, 0.25) is 0 Å². The van der Waals surface area contributed by atoms with Gasteiger partial charge in [0.05, 0.1) is 18.0 Å². The number of methoxy groups -OCH3 is 1. The highest BCUT2D eigenvalue weighted by Crippen LogP contribution is 2.25. The van der Waals surface area contributed by atoms with E-state index >= 15 is 0 Å². The summed E-state index contributed by atoms with van der Waals surface area (Å²) in [6.45, 7) is 4.51. The van der Waals surface area contributed by atoms with Gasteiger partial charge < -0.3 is 24.6 Å². The summed E-state index contributed by atoms with van der Waals surface area (Å²) in [6.07, 6.45) is 5.99. The van der Waals surface area contributed by atoms with Crippen molar-refractivity contribution in [2.45, 2.75) is 26.2 Å². The molecule has 0 unspecified atom stereocenters. The summed E-state index contributed by atoms with van der Waals surface area (Å²) in [7, 11) is 1.73. The second-order valence-electron chi connectivity index (χ2n) is 6.35. The van der Waals surface area contributed by atoms with Gasteiger partial charge in [-0.2, -0.15) is 0 Å². The first kappa shape index (κ1) is 22.1. The molecule has 1 aliphatic heterocycles. The number of aromatic nitrogens is 2. The topological polar surface area (TPSA) is 122 Å². The number of ether oxygens (including phenoxy) is 2. The molecule has 1 aromatic carbocycles. The fourth-order valence-corrected chi connectivity index (χ4v) is 2.34. The van der Waals surface area contributed by atoms with Crippen molar-refractivity contribution in [2.24, 2.45) is 0 Å². The molecule has 2 aromatic rings. The molecule has 9 heteroatoms. The van der Waals surface area contributed by atoms with Gasteiger partial charge in [0.15, 0.2) is 0 Å². The van der Waals surface area contributed by atoms with Crippen LogP contribution in [0.5, 0.6) is 17.4 Å². The van der Waals surface area contributed by atoms with E-state index in [1.165, 1.54) is 37.4 Å². The van der Waals surface area contributed by atoms with Crippen LogP contribution < -0.4 is 4.74 Å². The van der Waals surface area contributed by atoms with Crippen LogP contribution in [0.25, 0.3) is 0 Å². The standard InChI is InChI=1S/C15H13N3O5.C5H12O/c19-10-4-9(15(21)22)5-11(6-10)23-13-8-16-12(7-17-13)14(20)18-2-1-3-18;1-3-4-5-6-2/h4-8,19H,1-3H2,(H,21,22);3-5H2,1-2H3. The van der Waals surface area contributed by atoms with Gasteiger partial charge in [0.25, 0.3) is 5.91 Å². The fraction of sp³-hybridized carbons (Fsp3) is 0.400. The molecule has 156 valence electrons. The molecule has 0 radical (unpaired) electrons. The van der Waals surface area contributed by atoms with Crippen LogP contribution in [0.15, 0.2) is 30.6 Å². The third-order valence-corrected chi connectivity index (χ3v) is 4.05. The Hall–Kier alpha value is -3.20. The summed E-state index contributed by atoms with van der Waals surface area (Å²) in [5, 5.41) is 18.4. The highest BCUT2D eigenvalue weighted by atomic mass is 16.5. The van der Waals surface area contributed by atoms with E-state index in [-0.39, 0.29) is 34.5 Å². The van der Waals surface area contributed by atoms with E-state index < -0.39 is 5.97 Å². The summed E-state index contributed by atoms with van der Waals surface area (Å²) in [4.78, 5) is 32.5. The molecule has 1 saturated heterocycles. The molecule has 0 spiro atoms. The van der Waals surface area contributed by atoms with Crippen molar-refractivity contribution in [3.8, 4) is 17.4 Å². The minimum Gasteiger partial charge on any atom is -0.508 e. The number of carbonyl (C=O) groups is 2. The highest BCUT2D eigenvalue weighted by Gasteiger charge is 2.22. The van der Waals surface area contributed by atoms with E-state index in [2.05, 4.69) is 16.9 Å². The molecule has 29 heavy (non-hydrogen) atoms. The Morgan fingerprint density at radius 3 is 2.41 bits per heavy atom. The highest BCUT2D eigenvalue weighted by molar-refractivity contribution is 5.92. The molecule has 0 bridgehead atoms. The number of carboxylic acid groups (broad SMARTS) is 1. The number of aromatic hydroxyl groups is 1. The zero-order valence-electron chi connectivity index (χ0n) is 16.5. The minimum atomic E-state index is -1.19. The first-order valence-corrected chi connectivity index (χ1v) is 9.30. The quantitative estimate of drug-likeness (QED) is 0.677. The predicted octanol–water partition coefficient (Wildman–Crippen LogP) is 2.95. The monoisotopic (exact) mass is 403 g/mol. The molecular weight excluding hydrogens is 378 g/mol. The van der Waals surface area contributed by atoms with Gasteiger partial charge in [-0.3, -0.25) is 4.79 Å². The lowest BCUT2D eigenvalue weighted by Crippen LogP contribution is -2.42. The van der Waals surface area contributed by atoms with Crippen LogP contribution in [0.3, 0.4) is 0 Å². The van der Waals surface area contributed by atoms with E-state index in [1.54, 1.807) is 12.0 Å². The number of carboxylic acids is 1. The van der Waals surface area contributed by atoms with Gasteiger partial charge >= 0.3 is 5.97 Å². The van der Waals surface area contributed by atoms with Crippen LogP contribution in [-0.2, 0) is 4.74 Å². The Balaban J connectivity index is 0.000000438. The zero-order valence-corrected chi connectivity index (χ0v) is 16.5. The molecule has 9 nitrogen and oxygen atoms in total. The molecule has 1 aliphatic rings. The molecule has 0 aliphatic carbocycles. The summed E-state index contributed by atoms with van der Waals surface area (Å²) < 4.78 is 10.1. The number of nitrogens with zero attached hydrogens (tertiary/aromatic N) is 3. The van der Waals surface area contributed by atoms with Crippen LogP contribution in [0.1, 0.15) is 47.0 Å². The van der Waals surface area contributed by atoms with Crippen molar-refractivity contribution >= 4 is 11.9 Å². The molecule has 1 amide bonds. The SMILES string of the molecule is CCCCOC.O=C(O)c1cc(O)cc(Oc2cnc(C(=O)N3CCC3)cn2)c1. The third-order valence-electron chi connectivity index (χ3n) is 4.05. The Bertz CT molecular complexity index is 817. The Morgan fingerprint density at radius 1 is 1.17 bits per heavy atom. The molecule has 2 heterocycles. The van der Waals surface area contributed by atoms with Crippen molar-refractivity contribution in [2.75, 3.05) is 26.8 Å².